The van der Waals surface area contributed by atoms with Crippen molar-refractivity contribution in [3.63, 3.8) is 0 Å². The van der Waals surface area contributed by atoms with Gasteiger partial charge in [0.05, 0.1) is 0 Å². The number of hydrogen-bond donors (Lipinski definition) is 0. The number of amides is 1. The van der Waals surface area contributed by atoms with Crippen LogP contribution in [0.5, 0.6) is 0 Å². The van der Waals surface area contributed by atoms with E-state index in [1.54, 1.807) is 24.0 Å². The van der Waals surface area contributed by atoms with Gasteiger partial charge in [0.25, 0.3) is 5.91 Å². The molecule has 1 amide bonds. The molecule has 5 nitrogen and oxygen atoms in total. The Kier molecular flexibility index (Phi) is 5.11. The van der Waals surface area contributed by atoms with E-state index in [0.717, 1.165) is 43.5 Å². The number of thiophene rings is 1. The topological polar surface area (TPSA) is 51.0 Å². The summed E-state index contributed by atoms with van der Waals surface area (Å²) in [5, 5.41) is 9.81. The Morgan fingerprint density at radius 1 is 1.15 bits per heavy atom. The molecule has 0 N–H and O–H groups in total. The van der Waals surface area contributed by atoms with E-state index in [1.807, 2.05) is 28.8 Å². The largest absolute Gasteiger partial charge is 0.336 e. The normalized spacial score (nSPS) is 17.4. The molecule has 134 valence electrons. The van der Waals surface area contributed by atoms with E-state index in [1.165, 1.54) is 11.3 Å². The van der Waals surface area contributed by atoms with Gasteiger partial charge in [-0.25, -0.2) is 0 Å². The molecule has 4 rings (SSSR count). The molecule has 3 aromatic rings. The van der Waals surface area contributed by atoms with E-state index in [2.05, 4.69) is 32.6 Å². The van der Waals surface area contributed by atoms with Crippen LogP contribution in [0.2, 0.25) is 0 Å². The zero-order chi connectivity index (χ0) is 17.8. The summed E-state index contributed by atoms with van der Waals surface area (Å²) in [6.07, 6.45) is 8.78. The van der Waals surface area contributed by atoms with Crippen LogP contribution in [0.3, 0.4) is 0 Å². The van der Waals surface area contributed by atoms with Gasteiger partial charge in [0.1, 0.15) is 12.7 Å². The molecular formula is C20H22N4OS. The average molecular weight is 366 g/mol. The minimum absolute atomic E-state index is 0.135. The van der Waals surface area contributed by atoms with E-state index < -0.39 is 0 Å². The average Bonchev–Trinajstić information content (AvgIpc) is 3.40. The van der Waals surface area contributed by atoms with Crippen molar-refractivity contribution < 1.29 is 4.79 Å². The predicted molar refractivity (Wildman–Crippen MR) is 103 cm³/mol. The lowest BCUT2D eigenvalue weighted by atomic mass is 9.96. The van der Waals surface area contributed by atoms with Crippen LogP contribution in [-0.2, 0) is 6.42 Å². The standard InChI is InChI=1S/C20H22N4OS/c25-20(16-5-3-7-18(13-16)23-14-21-22-15-23)24-11-2-1-6-17(24)9-10-19-8-4-12-26-19/h3-5,7-8,12-15,17H,1-2,6,9-11H2/t17-/m0/s1. The molecule has 1 fully saturated rings. The van der Waals surface area contributed by atoms with E-state index in [4.69, 9.17) is 0 Å². The maximum Gasteiger partial charge on any atom is 0.254 e. The number of carbonyl (C=O) groups is 1. The molecule has 1 saturated heterocycles. The zero-order valence-electron chi connectivity index (χ0n) is 14.6. The van der Waals surface area contributed by atoms with Crippen LogP contribution in [0.15, 0.2) is 54.4 Å². The number of aromatic nitrogens is 3. The van der Waals surface area contributed by atoms with Crippen LogP contribution in [0.25, 0.3) is 5.69 Å². The zero-order valence-corrected chi connectivity index (χ0v) is 15.4. The third kappa shape index (κ3) is 3.70. The van der Waals surface area contributed by atoms with Crippen molar-refractivity contribution in [1.82, 2.24) is 19.7 Å². The highest BCUT2D eigenvalue weighted by Crippen LogP contribution is 2.25. The highest BCUT2D eigenvalue weighted by molar-refractivity contribution is 7.09. The number of benzene rings is 1. The maximum absolute atomic E-state index is 13.2. The van der Waals surface area contributed by atoms with Gasteiger partial charge in [-0.2, -0.15) is 0 Å². The van der Waals surface area contributed by atoms with Crippen LogP contribution in [0.1, 0.15) is 40.9 Å². The molecule has 1 aliphatic rings. The number of rotatable bonds is 5. The smallest absolute Gasteiger partial charge is 0.254 e. The van der Waals surface area contributed by atoms with Crippen molar-refractivity contribution in [1.29, 1.82) is 0 Å². The van der Waals surface area contributed by atoms with E-state index >= 15 is 0 Å². The summed E-state index contributed by atoms with van der Waals surface area (Å²) in [7, 11) is 0. The van der Waals surface area contributed by atoms with Crippen LogP contribution in [0.4, 0.5) is 0 Å². The molecule has 26 heavy (non-hydrogen) atoms. The lowest BCUT2D eigenvalue weighted by Crippen LogP contribution is -2.44. The number of nitrogens with zero attached hydrogens (tertiary/aromatic N) is 4. The van der Waals surface area contributed by atoms with Crippen molar-refractivity contribution in [2.24, 2.45) is 0 Å². The van der Waals surface area contributed by atoms with Crippen molar-refractivity contribution in [3.8, 4) is 5.69 Å². The van der Waals surface area contributed by atoms with Crippen molar-refractivity contribution >= 4 is 17.2 Å². The molecule has 1 aromatic carbocycles. The second-order valence-electron chi connectivity index (χ2n) is 6.69. The number of aryl methyl sites for hydroxylation is 1. The van der Waals surface area contributed by atoms with Crippen molar-refractivity contribution in [2.75, 3.05) is 6.54 Å². The van der Waals surface area contributed by atoms with Gasteiger partial charge in [-0.15, -0.1) is 21.5 Å². The first-order valence-electron chi connectivity index (χ1n) is 9.10. The van der Waals surface area contributed by atoms with Gasteiger partial charge >= 0.3 is 0 Å². The highest BCUT2D eigenvalue weighted by Gasteiger charge is 2.27. The fourth-order valence-electron chi connectivity index (χ4n) is 3.63. The van der Waals surface area contributed by atoms with Gasteiger partial charge < -0.3 is 4.90 Å². The van der Waals surface area contributed by atoms with Crippen LogP contribution >= 0.6 is 11.3 Å². The Labute approximate surface area is 157 Å². The molecule has 3 heterocycles. The Morgan fingerprint density at radius 2 is 2.04 bits per heavy atom. The third-order valence-corrected chi connectivity index (χ3v) is 5.94. The fourth-order valence-corrected chi connectivity index (χ4v) is 4.36. The molecule has 0 radical (unpaired) electrons. The summed E-state index contributed by atoms with van der Waals surface area (Å²) in [6.45, 7) is 0.852. The van der Waals surface area contributed by atoms with Gasteiger partial charge in [-0.3, -0.25) is 9.36 Å². The monoisotopic (exact) mass is 366 g/mol. The summed E-state index contributed by atoms with van der Waals surface area (Å²) < 4.78 is 1.82. The fraction of sp³-hybridized carbons (Fsp3) is 0.350. The molecular weight excluding hydrogens is 344 g/mol. The molecule has 2 aromatic heterocycles. The second kappa shape index (κ2) is 7.83. The molecule has 0 unspecified atom stereocenters. The lowest BCUT2D eigenvalue weighted by Gasteiger charge is -2.36. The van der Waals surface area contributed by atoms with Crippen LogP contribution in [-0.4, -0.2) is 38.2 Å². The third-order valence-electron chi connectivity index (χ3n) is 5.00. The molecule has 0 aliphatic carbocycles. The second-order valence-corrected chi connectivity index (χ2v) is 7.72. The Hall–Kier alpha value is -2.47. The quantitative estimate of drug-likeness (QED) is 0.687. The molecule has 0 saturated carbocycles. The Morgan fingerprint density at radius 3 is 2.85 bits per heavy atom. The molecule has 0 bridgehead atoms. The number of piperidine rings is 1. The van der Waals surface area contributed by atoms with Gasteiger partial charge in [0.2, 0.25) is 0 Å². The van der Waals surface area contributed by atoms with Gasteiger partial charge in [0, 0.05) is 28.7 Å². The minimum atomic E-state index is 0.135. The Balaban J connectivity index is 1.50. The van der Waals surface area contributed by atoms with E-state index in [9.17, 15) is 4.79 Å². The highest BCUT2D eigenvalue weighted by atomic mass is 32.1. The maximum atomic E-state index is 13.2. The first-order valence-corrected chi connectivity index (χ1v) is 9.97. The van der Waals surface area contributed by atoms with Gasteiger partial charge in [-0.1, -0.05) is 12.1 Å². The summed E-state index contributed by atoms with van der Waals surface area (Å²) in [4.78, 5) is 16.7. The predicted octanol–water partition coefficient (Wildman–Crippen LogP) is 3.96. The SMILES string of the molecule is O=C(c1cccc(-n2cnnc2)c1)N1CCCC[C@H]1CCc1cccs1. The summed E-state index contributed by atoms with van der Waals surface area (Å²) in [5.41, 5.74) is 1.65. The first kappa shape index (κ1) is 17.0. The van der Waals surface area contributed by atoms with Gasteiger partial charge in [0.15, 0.2) is 0 Å². The van der Waals surface area contributed by atoms with Gasteiger partial charge in [-0.05, 0) is 61.7 Å². The summed E-state index contributed by atoms with van der Waals surface area (Å²) >= 11 is 1.80. The number of carbonyl (C=O) groups excluding carboxylic acids is 1. The Bertz CT molecular complexity index is 845. The van der Waals surface area contributed by atoms with Crippen LogP contribution in [0, 0.1) is 0 Å². The van der Waals surface area contributed by atoms with Crippen molar-refractivity contribution in [2.45, 2.75) is 38.1 Å². The van der Waals surface area contributed by atoms with Crippen molar-refractivity contribution in [3.05, 3.63) is 64.9 Å². The first-order chi connectivity index (χ1) is 12.8. The molecule has 1 aliphatic heterocycles. The molecule has 1 atom stereocenters. The summed E-state index contributed by atoms with van der Waals surface area (Å²) in [5.74, 6) is 0.135. The van der Waals surface area contributed by atoms with Crippen LogP contribution < -0.4 is 0 Å². The minimum Gasteiger partial charge on any atom is -0.336 e. The number of hydrogen-bond acceptors (Lipinski definition) is 4. The number of likely N-dealkylation sites (tertiary alicyclic amines) is 1. The lowest BCUT2D eigenvalue weighted by molar-refractivity contribution is 0.0602. The van der Waals surface area contributed by atoms with E-state index in [0.29, 0.717) is 6.04 Å². The molecule has 6 heteroatoms. The molecule has 0 spiro atoms. The van der Waals surface area contributed by atoms with E-state index in [-0.39, 0.29) is 5.91 Å². The summed E-state index contributed by atoms with van der Waals surface area (Å²) in [6, 6.07) is 12.3.